The van der Waals surface area contributed by atoms with Crippen LogP contribution < -0.4 is 10.1 Å². The molecule has 0 aliphatic heterocycles. The Hall–Kier alpha value is -2.89. The molecule has 0 saturated heterocycles. The number of ether oxygens (including phenoxy) is 1. The lowest BCUT2D eigenvalue weighted by Gasteiger charge is -2.06. The zero-order valence-corrected chi connectivity index (χ0v) is 11.7. The summed E-state index contributed by atoms with van der Waals surface area (Å²) in [5.74, 6) is 0.504. The van der Waals surface area contributed by atoms with Gasteiger partial charge in [-0.1, -0.05) is 0 Å². The third-order valence-electron chi connectivity index (χ3n) is 3.05. The van der Waals surface area contributed by atoms with Crippen LogP contribution in [0.3, 0.4) is 0 Å². The normalized spacial score (nSPS) is 10.6. The molecule has 2 aromatic heterocycles. The Kier molecular flexibility index (Phi) is 3.27. The number of carbonyl (C=O) groups excluding carboxylic acids is 1. The highest BCUT2D eigenvalue weighted by molar-refractivity contribution is 6.04. The van der Waals surface area contributed by atoms with E-state index in [1.54, 1.807) is 48.3 Å². The van der Waals surface area contributed by atoms with Gasteiger partial charge in [0.1, 0.15) is 5.75 Å². The van der Waals surface area contributed by atoms with Crippen LogP contribution in [0.4, 0.5) is 5.69 Å². The number of anilines is 1. The predicted octanol–water partition coefficient (Wildman–Crippen LogP) is 2.30. The lowest BCUT2D eigenvalue weighted by Crippen LogP contribution is -2.12. The van der Waals surface area contributed by atoms with E-state index in [1.165, 1.54) is 0 Å². The van der Waals surface area contributed by atoms with Gasteiger partial charge in [0.2, 0.25) is 0 Å². The Morgan fingerprint density at radius 2 is 2.05 bits per heavy atom. The first-order chi connectivity index (χ1) is 10.2. The minimum atomic E-state index is -0.206. The van der Waals surface area contributed by atoms with Gasteiger partial charge in [0.15, 0.2) is 5.65 Å². The van der Waals surface area contributed by atoms with E-state index in [0.29, 0.717) is 17.0 Å². The second-order valence-electron chi connectivity index (χ2n) is 4.61. The van der Waals surface area contributed by atoms with Gasteiger partial charge < -0.3 is 10.1 Å². The molecule has 0 saturated carbocycles. The van der Waals surface area contributed by atoms with Crippen LogP contribution in [0.15, 0.2) is 42.7 Å². The molecule has 1 amide bonds. The second kappa shape index (κ2) is 5.24. The van der Waals surface area contributed by atoms with Crippen LogP contribution in [-0.2, 0) is 0 Å². The topological polar surface area (TPSA) is 68.5 Å². The third kappa shape index (κ3) is 2.69. The number of aromatic nitrogens is 3. The SMILES string of the molecule is COc1ccc(C(=O)Nc2cnc3cc(C)nn3c2)cc1. The molecule has 0 aliphatic rings. The molecular formula is C15H14N4O2. The molecule has 3 aromatic rings. The van der Waals surface area contributed by atoms with E-state index in [9.17, 15) is 4.79 Å². The Morgan fingerprint density at radius 1 is 1.29 bits per heavy atom. The Labute approximate surface area is 121 Å². The molecule has 0 unspecified atom stereocenters. The Morgan fingerprint density at radius 3 is 2.76 bits per heavy atom. The largest absolute Gasteiger partial charge is 0.497 e. The Balaban J connectivity index is 1.81. The first kappa shape index (κ1) is 13.1. The van der Waals surface area contributed by atoms with Crippen LogP contribution in [0.25, 0.3) is 5.65 Å². The number of hydrogen-bond donors (Lipinski definition) is 1. The summed E-state index contributed by atoms with van der Waals surface area (Å²) < 4.78 is 6.70. The van der Waals surface area contributed by atoms with Gasteiger partial charge in [-0.05, 0) is 31.2 Å². The predicted molar refractivity (Wildman–Crippen MR) is 78.7 cm³/mol. The molecule has 106 valence electrons. The summed E-state index contributed by atoms with van der Waals surface area (Å²) in [5, 5.41) is 7.06. The maximum Gasteiger partial charge on any atom is 0.255 e. The zero-order chi connectivity index (χ0) is 14.8. The molecule has 1 aromatic carbocycles. The van der Waals surface area contributed by atoms with Crippen molar-refractivity contribution in [1.29, 1.82) is 0 Å². The summed E-state index contributed by atoms with van der Waals surface area (Å²) in [7, 11) is 1.59. The first-order valence-corrected chi connectivity index (χ1v) is 6.43. The van der Waals surface area contributed by atoms with Crippen molar-refractivity contribution in [3.63, 3.8) is 0 Å². The lowest BCUT2D eigenvalue weighted by atomic mass is 10.2. The van der Waals surface area contributed by atoms with Crippen LogP contribution in [0.5, 0.6) is 5.75 Å². The average Bonchev–Trinajstić information content (AvgIpc) is 2.86. The highest BCUT2D eigenvalue weighted by Crippen LogP contribution is 2.14. The van der Waals surface area contributed by atoms with Gasteiger partial charge in [-0.3, -0.25) is 4.79 Å². The molecule has 0 radical (unpaired) electrons. The number of benzene rings is 1. The van der Waals surface area contributed by atoms with Crippen molar-refractivity contribution < 1.29 is 9.53 Å². The fourth-order valence-electron chi connectivity index (χ4n) is 2.01. The van der Waals surface area contributed by atoms with E-state index in [1.807, 2.05) is 13.0 Å². The van der Waals surface area contributed by atoms with Crippen LogP contribution in [0.2, 0.25) is 0 Å². The van der Waals surface area contributed by atoms with E-state index in [0.717, 1.165) is 11.3 Å². The van der Waals surface area contributed by atoms with Gasteiger partial charge in [0.05, 0.1) is 30.9 Å². The molecule has 3 rings (SSSR count). The number of rotatable bonds is 3. The van der Waals surface area contributed by atoms with E-state index in [-0.39, 0.29) is 5.91 Å². The maximum atomic E-state index is 12.1. The van der Waals surface area contributed by atoms with Crippen molar-refractivity contribution in [2.24, 2.45) is 0 Å². The standard InChI is InChI=1S/C15H14N4O2/c1-10-7-14-16-8-12(9-19(14)18-10)17-15(20)11-3-5-13(21-2)6-4-11/h3-9H,1-2H3,(H,17,20). The summed E-state index contributed by atoms with van der Waals surface area (Å²) in [4.78, 5) is 16.4. The molecule has 0 bridgehead atoms. The summed E-state index contributed by atoms with van der Waals surface area (Å²) in [5.41, 5.74) is 2.76. The smallest absolute Gasteiger partial charge is 0.255 e. The van der Waals surface area contributed by atoms with Gasteiger partial charge in [-0.15, -0.1) is 0 Å². The van der Waals surface area contributed by atoms with Crippen molar-refractivity contribution in [3.8, 4) is 5.75 Å². The van der Waals surface area contributed by atoms with Crippen molar-refractivity contribution in [1.82, 2.24) is 14.6 Å². The van der Waals surface area contributed by atoms with Crippen molar-refractivity contribution >= 4 is 17.2 Å². The molecule has 0 spiro atoms. The van der Waals surface area contributed by atoms with Crippen LogP contribution >= 0.6 is 0 Å². The number of hydrogen-bond acceptors (Lipinski definition) is 4. The second-order valence-corrected chi connectivity index (χ2v) is 4.61. The monoisotopic (exact) mass is 282 g/mol. The molecule has 2 heterocycles. The lowest BCUT2D eigenvalue weighted by molar-refractivity contribution is 0.102. The van der Waals surface area contributed by atoms with Crippen molar-refractivity contribution in [2.45, 2.75) is 6.92 Å². The number of aryl methyl sites for hydroxylation is 1. The van der Waals surface area contributed by atoms with Gasteiger partial charge >= 0.3 is 0 Å². The molecule has 1 N–H and O–H groups in total. The minimum absolute atomic E-state index is 0.206. The number of carbonyl (C=O) groups is 1. The van der Waals surface area contributed by atoms with E-state index >= 15 is 0 Å². The highest BCUT2D eigenvalue weighted by atomic mass is 16.5. The van der Waals surface area contributed by atoms with Crippen LogP contribution in [0, 0.1) is 6.92 Å². The molecule has 21 heavy (non-hydrogen) atoms. The zero-order valence-electron chi connectivity index (χ0n) is 11.7. The fourth-order valence-corrected chi connectivity index (χ4v) is 2.01. The number of fused-ring (bicyclic) bond motifs is 1. The molecule has 6 nitrogen and oxygen atoms in total. The van der Waals surface area contributed by atoms with Crippen molar-refractivity contribution in [2.75, 3.05) is 12.4 Å². The average molecular weight is 282 g/mol. The third-order valence-corrected chi connectivity index (χ3v) is 3.05. The highest BCUT2D eigenvalue weighted by Gasteiger charge is 2.08. The van der Waals surface area contributed by atoms with Gasteiger partial charge in [-0.2, -0.15) is 5.10 Å². The quantitative estimate of drug-likeness (QED) is 0.800. The van der Waals surface area contributed by atoms with Crippen LogP contribution in [0.1, 0.15) is 16.1 Å². The number of nitrogens with one attached hydrogen (secondary N) is 1. The molecule has 6 heteroatoms. The maximum absolute atomic E-state index is 12.1. The van der Waals surface area contributed by atoms with Gasteiger partial charge in [0.25, 0.3) is 5.91 Å². The van der Waals surface area contributed by atoms with Crippen LogP contribution in [-0.4, -0.2) is 27.6 Å². The summed E-state index contributed by atoms with van der Waals surface area (Å²) in [6.45, 7) is 1.89. The summed E-state index contributed by atoms with van der Waals surface area (Å²) in [6.07, 6.45) is 3.34. The van der Waals surface area contributed by atoms with E-state index in [2.05, 4.69) is 15.4 Å². The fraction of sp³-hybridized carbons (Fsp3) is 0.133. The minimum Gasteiger partial charge on any atom is -0.497 e. The summed E-state index contributed by atoms with van der Waals surface area (Å²) in [6, 6.07) is 8.77. The first-order valence-electron chi connectivity index (χ1n) is 6.43. The number of methoxy groups -OCH3 is 1. The summed E-state index contributed by atoms with van der Waals surface area (Å²) >= 11 is 0. The van der Waals surface area contributed by atoms with Crippen molar-refractivity contribution in [3.05, 3.63) is 54.0 Å². The van der Waals surface area contributed by atoms with E-state index < -0.39 is 0 Å². The molecular weight excluding hydrogens is 268 g/mol. The van der Waals surface area contributed by atoms with E-state index in [4.69, 9.17) is 4.74 Å². The van der Waals surface area contributed by atoms with Gasteiger partial charge in [-0.25, -0.2) is 9.50 Å². The molecule has 0 atom stereocenters. The molecule has 0 aliphatic carbocycles. The Bertz CT molecular complexity index is 793. The number of nitrogens with zero attached hydrogens (tertiary/aromatic N) is 3. The molecule has 0 fully saturated rings. The van der Waals surface area contributed by atoms with Gasteiger partial charge in [0, 0.05) is 11.6 Å². The number of amides is 1.